The molecule has 0 radical (unpaired) electrons. The van der Waals surface area contributed by atoms with Gasteiger partial charge in [0.05, 0.1) is 37.2 Å². The summed E-state index contributed by atoms with van der Waals surface area (Å²) in [5.41, 5.74) is 4.65. The highest BCUT2D eigenvalue weighted by Crippen LogP contribution is 2.16. The lowest BCUT2D eigenvalue weighted by molar-refractivity contribution is -0.0855. The summed E-state index contributed by atoms with van der Waals surface area (Å²) in [5, 5.41) is 2.83. The second-order valence-corrected chi connectivity index (χ2v) is 4.47. The van der Waals surface area contributed by atoms with Crippen molar-refractivity contribution in [1.29, 1.82) is 0 Å². The number of benzene rings is 1. The first kappa shape index (κ1) is 13.8. The molecule has 1 aliphatic rings. The van der Waals surface area contributed by atoms with E-state index in [2.05, 4.69) is 10.7 Å². The van der Waals surface area contributed by atoms with Crippen molar-refractivity contribution < 1.29 is 14.3 Å². The van der Waals surface area contributed by atoms with Gasteiger partial charge in [-0.3, -0.25) is 10.6 Å². The molecule has 2 rings (SSSR count). The minimum Gasteiger partial charge on any atom is -0.376 e. The van der Waals surface area contributed by atoms with Crippen LogP contribution in [0, 0.1) is 6.92 Å². The molecule has 1 fully saturated rings. The molecule has 4 N–H and O–H groups in total. The summed E-state index contributed by atoms with van der Waals surface area (Å²) in [7, 11) is 0. The number of nitrogens with two attached hydrogens (primary N) is 1. The van der Waals surface area contributed by atoms with Gasteiger partial charge >= 0.3 is 0 Å². The smallest absolute Gasteiger partial charge is 0.253 e. The number of nitrogen functional groups attached to an aromatic ring is 1. The zero-order chi connectivity index (χ0) is 13.7. The maximum Gasteiger partial charge on any atom is 0.253 e. The third kappa shape index (κ3) is 3.66. The Balaban J connectivity index is 1.97. The largest absolute Gasteiger partial charge is 0.376 e. The maximum atomic E-state index is 12.1. The Hall–Kier alpha value is -1.63. The highest BCUT2D eigenvalue weighted by molar-refractivity contribution is 5.99. The summed E-state index contributed by atoms with van der Waals surface area (Å²) >= 11 is 0. The molecular weight excluding hydrogens is 246 g/mol. The van der Waals surface area contributed by atoms with E-state index in [1.54, 1.807) is 12.1 Å². The second kappa shape index (κ2) is 6.51. The van der Waals surface area contributed by atoms with E-state index in [9.17, 15) is 4.79 Å². The van der Waals surface area contributed by atoms with Crippen LogP contribution in [0.3, 0.4) is 0 Å². The number of hydrazine groups is 1. The first-order valence-corrected chi connectivity index (χ1v) is 6.25. The van der Waals surface area contributed by atoms with E-state index in [1.807, 2.05) is 13.0 Å². The van der Waals surface area contributed by atoms with Crippen LogP contribution < -0.4 is 16.6 Å². The molecule has 19 heavy (non-hydrogen) atoms. The lowest BCUT2D eigenvalue weighted by atomic mass is 10.1. The Labute approximate surface area is 112 Å². The molecule has 0 aliphatic carbocycles. The van der Waals surface area contributed by atoms with E-state index in [-0.39, 0.29) is 12.0 Å². The quantitative estimate of drug-likeness (QED) is 0.543. The number of anilines is 1. The molecule has 6 heteroatoms. The number of rotatable bonds is 4. The van der Waals surface area contributed by atoms with Gasteiger partial charge in [0.15, 0.2) is 0 Å². The molecule has 0 bridgehead atoms. The summed E-state index contributed by atoms with van der Waals surface area (Å²) in [6.45, 7) is 4.05. The Morgan fingerprint density at radius 1 is 1.47 bits per heavy atom. The topological polar surface area (TPSA) is 85.6 Å². The predicted molar refractivity (Wildman–Crippen MR) is 71.9 cm³/mol. The summed E-state index contributed by atoms with van der Waals surface area (Å²) in [5.74, 6) is 5.23. The number of amides is 1. The standard InChI is InChI=1S/C13H19N3O3/c1-9-2-3-12(16-14)11(6-9)13(17)15-7-10-8-18-4-5-19-10/h2-3,6,10,16H,4-5,7-8,14H2,1H3,(H,15,17). The third-order valence-corrected chi connectivity index (χ3v) is 2.95. The Morgan fingerprint density at radius 2 is 2.32 bits per heavy atom. The second-order valence-electron chi connectivity index (χ2n) is 4.47. The van der Waals surface area contributed by atoms with Crippen molar-refractivity contribution in [2.45, 2.75) is 13.0 Å². The van der Waals surface area contributed by atoms with Gasteiger partial charge in [-0.1, -0.05) is 11.6 Å². The molecule has 1 heterocycles. The van der Waals surface area contributed by atoms with Gasteiger partial charge in [-0.2, -0.15) is 0 Å². The number of hydrogen-bond donors (Lipinski definition) is 3. The van der Waals surface area contributed by atoms with Crippen molar-refractivity contribution in [3.8, 4) is 0 Å². The predicted octanol–water partition coefficient (Wildman–Crippen LogP) is 0.426. The van der Waals surface area contributed by atoms with Crippen LogP contribution in [-0.2, 0) is 9.47 Å². The molecule has 1 saturated heterocycles. The van der Waals surface area contributed by atoms with Gasteiger partial charge in [0.25, 0.3) is 5.91 Å². The number of carbonyl (C=O) groups excluding carboxylic acids is 1. The normalized spacial score (nSPS) is 18.9. The average molecular weight is 265 g/mol. The van der Waals surface area contributed by atoms with E-state index in [0.717, 1.165) is 5.56 Å². The fourth-order valence-corrected chi connectivity index (χ4v) is 1.93. The Bertz CT molecular complexity index is 445. The van der Waals surface area contributed by atoms with Gasteiger partial charge in [-0.05, 0) is 19.1 Å². The average Bonchev–Trinajstić information content (AvgIpc) is 2.46. The molecular formula is C13H19N3O3. The van der Waals surface area contributed by atoms with Crippen molar-refractivity contribution in [3.63, 3.8) is 0 Å². The van der Waals surface area contributed by atoms with Crippen LogP contribution in [0.2, 0.25) is 0 Å². The summed E-state index contributed by atoms with van der Waals surface area (Å²) in [6, 6.07) is 5.47. The Kier molecular flexibility index (Phi) is 4.73. The van der Waals surface area contributed by atoms with Crippen LogP contribution >= 0.6 is 0 Å². The van der Waals surface area contributed by atoms with Crippen molar-refractivity contribution in [3.05, 3.63) is 29.3 Å². The molecule has 1 unspecified atom stereocenters. The molecule has 104 valence electrons. The van der Waals surface area contributed by atoms with E-state index in [4.69, 9.17) is 15.3 Å². The monoisotopic (exact) mass is 265 g/mol. The molecule has 1 aromatic rings. The minimum absolute atomic E-state index is 0.0863. The molecule has 0 saturated carbocycles. The first-order valence-electron chi connectivity index (χ1n) is 6.25. The van der Waals surface area contributed by atoms with E-state index >= 15 is 0 Å². The SMILES string of the molecule is Cc1ccc(NN)c(C(=O)NCC2COCCO2)c1. The van der Waals surface area contributed by atoms with Gasteiger partial charge in [-0.15, -0.1) is 0 Å². The molecule has 1 aromatic carbocycles. The van der Waals surface area contributed by atoms with Gasteiger partial charge in [0.2, 0.25) is 0 Å². The van der Waals surface area contributed by atoms with E-state index in [0.29, 0.717) is 37.6 Å². The Morgan fingerprint density at radius 3 is 3.00 bits per heavy atom. The van der Waals surface area contributed by atoms with Crippen LogP contribution in [0.25, 0.3) is 0 Å². The lowest BCUT2D eigenvalue weighted by Crippen LogP contribution is -2.40. The van der Waals surface area contributed by atoms with Crippen molar-refractivity contribution >= 4 is 11.6 Å². The van der Waals surface area contributed by atoms with Gasteiger partial charge in [-0.25, -0.2) is 0 Å². The fourth-order valence-electron chi connectivity index (χ4n) is 1.93. The molecule has 6 nitrogen and oxygen atoms in total. The fraction of sp³-hybridized carbons (Fsp3) is 0.462. The molecule has 1 amide bonds. The minimum atomic E-state index is -0.175. The third-order valence-electron chi connectivity index (χ3n) is 2.95. The molecule has 0 spiro atoms. The number of aryl methyl sites for hydroxylation is 1. The zero-order valence-corrected chi connectivity index (χ0v) is 10.9. The van der Waals surface area contributed by atoms with Crippen molar-refractivity contribution in [1.82, 2.24) is 5.32 Å². The van der Waals surface area contributed by atoms with Gasteiger partial charge in [0, 0.05) is 6.54 Å². The van der Waals surface area contributed by atoms with Crippen molar-refractivity contribution in [2.24, 2.45) is 5.84 Å². The molecule has 1 aliphatic heterocycles. The van der Waals surface area contributed by atoms with Crippen LogP contribution in [0.1, 0.15) is 15.9 Å². The zero-order valence-electron chi connectivity index (χ0n) is 10.9. The maximum absolute atomic E-state index is 12.1. The highest BCUT2D eigenvalue weighted by atomic mass is 16.6. The highest BCUT2D eigenvalue weighted by Gasteiger charge is 2.17. The first-order chi connectivity index (χ1) is 9.20. The number of nitrogens with one attached hydrogen (secondary N) is 2. The van der Waals surface area contributed by atoms with Gasteiger partial charge in [0.1, 0.15) is 0 Å². The number of carbonyl (C=O) groups is 1. The molecule has 0 aromatic heterocycles. The number of ether oxygens (including phenoxy) is 2. The van der Waals surface area contributed by atoms with Crippen LogP contribution in [0.4, 0.5) is 5.69 Å². The number of hydrogen-bond acceptors (Lipinski definition) is 5. The van der Waals surface area contributed by atoms with Crippen LogP contribution in [-0.4, -0.2) is 38.4 Å². The molecule has 1 atom stereocenters. The lowest BCUT2D eigenvalue weighted by Gasteiger charge is -2.23. The summed E-state index contributed by atoms with van der Waals surface area (Å²) < 4.78 is 10.7. The van der Waals surface area contributed by atoms with E-state index < -0.39 is 0 Å². The summed E-state index contributed by atoms with van der Waals surface area (Å²) in [4.78, 5) is 12.1. The van der Waals surface area contributed by atoms with Crippen LogP contribution in [0.15, 0.2) is 18.2 Å². The van der Waals surface area contributed by atoms with E-state index in [1.165, 1.54) is 0 Å². The summed E-state index contributed by atoms with van der Waals surface area (Å²) in [6.07, 6.45) is -0.0863. The van der Waals surface area contributed by atoms with Crippen LogP contribution in [0.5, 0.6) is 0 Å². The van der Waals surface area contributed by atoms with Gasteiger partial charge < -0.3 is 20.2 Å². The van der Waals surface area contributed by atoms with Crippen molar-refractivity contribution in [2.75, 3.05) is 31.8 Å².